The molecular formula is C7H7BrCu. The van der Waals surface area contributed by atoms with Crippen LogP contribution in [0, 0.1) is 13.0 Å². The van der Waals surface area contributed by atoms with Gasteiger partial charge in [-0.15, -0.1) is 0 Å². The molecule has 0 radical (unpaired) electrons. The fraction of sp³-hybridized carbons (Fsp3) is 0.143. The molecule has 0 saturated carbocycles. The Kier molecular flexibility index (Phi) is 6.50. The molecule has 0 atom stereocenters. The molecule has 0 aliphatic heterocycles. The average molecular weight is 235 g/mol. The predicted octanol–water partition coefficient (Wildman–Crippen LogP) is 2.64. The third-order valence-corrected chi connectivity index (χ3v) is 0.885. The SMILES string of the molecule is Cc1cc[c-]cc1.[Cu+][Br]. The fourth-order valence-electron chi connectivity index (χ4n) is 0.470. The van der Waals surface area contributed by atoms with E-state index in [-0.39, 0.29) is 0 Å². The van der Waals surface area contributed by atoms with E-state index < -0.39 is 0 Å². The van der Waals surface area contributed by atoms with Gasteiger partial charge in [-0.1, -0.05) is 6.92 Å². The average Bonchev–Trinajstić information content (AvgIpc) is 1.94. The van der Waals surface area contributed by atoms with Crippen molar-refractivity contribution in [2.45, 2.75) is 6.92 Å². The fourth-order valence-corrected chi connectivity index (χ4v) is 0.470. The first-order valence-electron chi connectivity index (χ1n) is 2.44. The van der Waals surface area contributed by atoms with Crippen molar-refractivity contribution in [3.63, 3.8) is 0 Å². The Morgan fingerprint density at radius 1 is 1.33 bits per heavy atom. The number of hydrogen-bond acceptors (Lipinski definition) is 0. The van der Waals surface area contributed by atoms with Crippen LogP contribution >= 0.6 is 14.1 Å². The minimum atomic E-state index is 1.29. The monoisotopic (exact) mass is 233 g/mol. The van der Waals surface area contributed by atoms with E-state index in [4.69, 9.17) is 0 Å². The summed E-state index contributed by atoms with van der Waals surface area (Å²) >= 11 is 6.50. The van der Waals surface area contributed by atoms with E-state index in [1.54, 1.807) is 0 Å². The first-order chi connectivity index (χ1) is 4.39. The van der Waals surface area contributed by atoms with E-state index in [1.807, 2.05) is 24.3 Å². The molecule has 0 fully saturated rings. The summed E-state index contributed by atoms with van der Waals surface area (Å²) in [6.45, 7) is 2.06. The van der Waals surface area contributed by atoms with Gasteiger partial charge in [0.25, 0.3) is 0 Å². The van der Waals surface area contributed by atoms with Crippen LogP contribution in [0.15, 0.2) is 24.3 Å². The summed E-state index contributed by atoms with van der Waals surface area (Å²) in [5.74, 6) is 0. The van der Waals surface area contributed by atoms with Crippen LogP contribution in [0.3, 0.4) is 0 Å². The maximum atomic E-state index is 4.00. The van der Waals surface area contributed by atoms with Gasteiger partial charge in [-0.05, 0) is 0 Å². The molecule has 0 aromatic heterocycles. The second-order valence-electron chi connectivity index (χ2n) is 1.58. The van der Waals surface area contributed by atoms with E-state index >= 15 is 0 Å². The van der Waals surface area contributed by atoms with Crippen LogP contribution < -0.4 is 0 Å². The molecule has 2 heteroatoms. The van der Waals surface area contributed by atoms with Gasteiger partial charge in [0.1, 0.15) is 0 Å². The van der Waals surface area contributed by atoms with Gasteiger partial charge in [-0.3, -0.25) is 0 Å². The van der Waals surface area contributed by atoms with Gasteiger partial charge in [0.15, 0.2) is 0 Å². The topological polar surface area (TPSA) is 0 Å². The maximum absolute atomic E-state index is 4.00. The molecule has 1 rings (SSSR count). The van der Waals surface area contributed by atoms with Crippen LogP contribution in [0.4, 0.5) is 0 Å². The Balaban J connectivity index is 0.000000291. The molecule has 0 aliphatic carbocycles. The summed E-state index contributed by atoms with van der Waals surface area (Å²) in [5.41, 5.74) is 1.29. The van der Waals surface area contributed by atoms with Crippen molar-refractivity contribution in [1.29, 1.82) is 0 Å². The van der Waals surface area contributed by atoms with E-state index in [9.17, 15) is 0 Å². The van der Waals surface area contributed by atoms with Crippen LogP contribution in [0.2, 0.25) is 0 Å². The normalized spacial score (nSPS) is 7.56. The Morgan fingerprint density at radius 3 is 2.00 bits per heavy atom. The summed E-state index contributed by atoms with van der Waals surface area (Å²) < 4.78 is 0. The molecular weight excluding hydrogens is 228 g/mol. The quantitative estimate of drug-likeness (QED) is 0.478. The predicted molar refractivity (Wildman–Crippen MR) is 38.9 cm³/mol. The molecule has 0 spiro atoms. The summed E-state index contributed by atoms with van der Waals surface area (Å²) in [6.07, 6.45) is 0. The van der Waals surface area contributed by atoms with Gasteiger partial charge in [0.2, 0.25) is 0 Å². The van der Waals surface area contributed by atoms with Crippen molar-refractivity contribution in [3.8, 4) is 0 Å². The zero-order valence-corrected chi connectivity index (χ0v) is 7.52. The van der Waals surface area contributed by atoms with Gasteiger partial charge in [-0.2, -0.15) is 35.9 Å². The van der Waals surface area contributed by atoms with Crippen LogP contribution in [-0.4, -0.2) is 0 Å². The van der Waals surface area contributed by atoms with Gasteiger partial charge in [-0.25, -0.2) is 0 Å². The standard InChI is InChI=1S/C7H7.BrH.Cu/c1-7-5-3-2-4-6-7;;/h3-6H,1H3;1H;/q-1;;+2/p-1. The second-order valence-corrected chi connectivity index (χ2v) is 1.58. The number of hydrogen-bond donors (Lipinski definition) is 0. The van der Waals surface area contributed by atoms with E-state index in [0.717, 1.165) is 0 Å². The number of aryl methyl sites for hydroxylation is 1. The van der Waals surface area contributed by atoms with Crippen LogP contribution in [0.1, 0.15) is 5.56 Å². The van der Waals surface area contributed by atoms with Gasteiger partial charge < -0.3 is 0 Å². The zero-order chi connectivity index (χ0) is 7.11. The number of halogens is 1. The van der Waals surface area contributed by atoms with Crippen molar-refractivity contribution in [2.24, 2.45) is 0 Å². The van der Waals surface area contributed by atoms with Gasteiger partial charge in [0, 0.05) is 0 Å². The molecule has 0 bridgehead atoms. The molecule has 53 valence electrons. The Labute approximate surface area is 71.2 Å². The molecule has 0 N–H and O–H groups in total. The zero-order valence-electron chi connectivity index (χ0n) is 4.99. The van der Waals surface area contributed by atoms with Crippen molar-refractivity contribution in [2.75, 3.05) is 0 Å². The van der Waals surface area contributed by atoms with Crippen LogP contribution in [0.5, 0.6) is 0 Å². The molecule has 0 amide bonds. The summed E-state index contributed by atoms with van der Waals surface area (Å²) in [6, 6.07) is 10.8. The van der Waals surface area contributed by atoms with Crippen molar-refractivity contribution in [1.82, 2.24) is 0 Å². The van der Waals surface area contributed by atoms with E-state index in [1.165, 1.54) is 5.56 Å². The van der Waals surface area contributed by atoms with Crippen molar-refractivity contribution in [3.05, 3.63) is 35.9 Å². The van der Waals surface area contributed by atoms with E-state index in [2.05, 4.69) is 41.3 Å². The molecule has 1 aromatic rings. The van der Waals surface area contributed by atoms with Gasteiger partial charge in [0.05, 0.1) is 0 Å². The molecule has 1 aromatic carbocycles. The third-order valence-electron chi connectivity index (χ3n) is 0.885. The third kappa shape index (κ3) is 4.71. The first kappa shape index (κ1) is 9.22. The molecule has 0 nitrogen and oxygen atoms in total. The van der Waals surface area contributed by atoms with Crippen LogP contribution in [-0.2, 0) is 14.2 Å². The summed E-state index contributed by atoms with van der Waals surface area (Å²) in [4.78, 5) is 0. The second kappa shape index (κ2) is 6.34. The minimum absolute atomic E-state index is 1.29. The summed E-state index contributed by atoms with van der Waals surface area (Å²) in [5, 5.41) is 0. The molecule has 0 aliphatic rings. The van der Waals surface area contributed by atoms with Crippen LogP contribution in [0.25, 0.3) is 0 Å². The number of benzene rings is 1. The molecule has 9 heavy (non-hydrogen) atoms. The number of rotatable bonds is 0. The Morgan fingerprint density at radius 2 is 1.78 bits per heavy atom. The molecule has 0 heterocycles. The van der Waals surface area contributed by atoms with Crippen molar-refractivity contribution < 1.29 is 14.2 Å². The molecule has 0 saturated heterocycles. The van der Waals surface area contributed by atoms with Gasteiger partial charge >= 0.3 is 28.3 Å². The Bertz CT molecular complexity index is 139. The molecule has 0 unspecified atom stereocenters. The van der Waals surface area contributed by atoms with Crippen molar-refractivity contribution >= 4 is 14.1 Å². The first-order valence-corrected chi connectivity index (χ1v) is 4.76. The van der Waals surface area contributed by atoms with E-state index in [0.29, 0.717) is 0 Å². The Hall–Kier alpha value is 0.219. The summed E-state index contributed by atoms with van der Waals surface area (Å²) in [7, 11) is 0.